The van der Waals surface area contributed by atoms with E-state index in [1.807, 2.05) is 36.5 Å². The van der Waals surface area contributed by atoms with Gasteiger partial charge in [-0.2, -0.15) is 0 Å². The van der Waals surface area contributed by atoms with Gasteiger partial charge in [-0.05, 0) is 47.1 Å². The minimum atomic E-state index is -0.341. The standard InChI is InChI=1S/C22H19NO3/c1-26-22(25)16-6-4-15(5-7-16)19-12-20(19)21(24)11-14-2-3-18-13-23-9-8-17(18)10-14/h2-10,13,19-20H,11-12H2,1H3/t19-,20+/m0/s1. The molecule has 1 aliphatic rings. The van der Waals surface area contributed by atoms with Crippen LogP contribution in [0.4, 0.5) is 0 Å². The fourth-order valence-corrected chi connectivity index (χ4v) is 3.48. The molecule has 0 radical (unpaired) electrons. The van der Waals surface area contributed by atoms with Crippen LogP contribution in [0.5, 0.6) is 0 Å². The van der Waals surface area contributed by atoms with Crippen molar-refractivity contribution in [1.82, 2.24) is 4.98 Å². The highest BCUT2D eigenvalue weighted by atomic mass is 16.5. The quantitative estimate of drug-likeness (QED) is 0.657. The van der Waals surface area contributed by atoms with Gasteiger partial charge >= 0.3 is 5.97 Å². The number of hydrogen-bond acceptors (Lipinski definition) is 4. The number of aromatic nitrogens is 1. The Kier molecular flexibility index (Phi) is 4.25. The Hall–Kier alpha value is -3.01. The van der Waals surface area contributed by atoms with E-state index in [4.69, 9.17) is 4.74 Å². The maximum atomic E-state index is 12.6. The van der Waals surface area contributed by atoms with Crippen molar-refractivity contribution in [3.8, 4) is 0 Å². The summed E-state index contributed by atoms with van der Waals surface area (Å²) in [5, 5.41) is 2.19. The topological polar surface area (TPSA) is 56.3 Å². The molecule has 0 N–H and O–H groups in total. The lowest BCUT2D eigenvalue weighted by atomic mass is 10.0. The minimum absolute atomic E-state index is 0.0760. The maximum absolute atomic E-state index is 12.6. The van der Waals surface area contributed by atoms with Crippen molar-refractivity contribution in [3.05, 3.63) is 77.6 Å². The van der Waals surface area contributed by atoms with Gasteiger partial charge in [0.15, 0.2) is 0 Å². The molecule has 3 aromatic rings. The Morgan fingerprint density at radius 3 is 2.65 bits per heavy atom. The third-order valence-electron chi connectivity index (χ3n) is 5.05. The van der Waals surface area contributed by atoms with Gasteiger partial charge in [0.05, 0.1) is 12.7 Å². The second-order valence-corrected chi connectivity index (χ2v) is 6.76. The number of rotatable bonds is 5. The first-order chi connectivity index (χ1) is 12.7. The van der Waals surface area contributed by atoms with Crippen molar-refractivity contribution in [1.29, 1.82) is 0 Å². The largest absolute Gasteiger partial charge is 0.465 e. The van der Waals surface area contributed by atoms with E-state index in [2.05, 4.69) is 11.1 Å². The number of ketones is 1. The van der Waals surface area contributed by atoms with Crippen LogP contribution in [0.1, 0.15) is 33.8 Å². The third-order valence-corrected chi connectivity index (χ3v) is 5.05. The first-order valence-corrected chi connectivity index (χ1v) is 8.69. The fourth-order valence-electron chi connectivity index (χ4n) is 3.48. The van der Waals surface area contributed by atoms with E-state index in [-0.39, 0.29) is 23.6 Å². The molecule has 0 amide bonds. The fraction of sp³-hybridized carbons (Fsp3) is 0.227. The Labute approximate surface area is 151 Å². The summed E-state index contributed by atoms with van der Waals surface area (Å²) < 4.78 is 4.71. The molecule has 1 fully saturated rings. The van der Waals surface area contributed by atoms with E-state index >= 15 is 0 Å². The van der Waals surface area contributed by atoms with E-state index in [0.29, 0.717) is 12.0 Å². The van der Waals surface area contributed by atoms with Crippen LogP contribution in [0.25, 0.3) is 10.8 Å². The van der Waals surface area contributed by atoms with E-state index in [9.17, 15) is 9.59 Å². The molecule has 1 aliphatic carbocycles. The Morgan fingerprint density at radius 2 is 1.88 bits per heavy atom. The summed E-state index contributed by atoms with van der Waals surface area (Å²) >= 11 is 0. The highest BCUT2D eigenvalue weighted by molar-refractivity contribution is 5.90. The summed E-state index contributed by atoms with van der Waals surface area (Å²) in [4.78, 5) is 28.2. The Balaban J connectivity index is 1.42. The first kappa shape index (κ1) is 16.5. The van der Waals surface area contributed by atoms with Crippen molar-refractivity contribution in [2.24, 2.45) is 5.92 Å². The van der Waals surface area contributed by atoms with Gasteiger partial charge in [-0.3, -0.25) is 9.78 Å². The first-order valence-electron chi connectivity index (χ1n) is 8.69. The van der Waals surface area contributed by atoms with Crippen molar-refractivity contribution in [2.75, 3.05) is 7.11 Å². The lowest BCUT2D eigenvalue weighted by Crippen LogP contribution is -2.06. The SMILES string of the molecule is COC(=O)c1ccc([C@@H]2C[C@H]2C(=O)Cc2ccc3cnccc3c2)cc1. The molecule has 0 spiro atoms. The van der Waals surface area contributed by atoms with Gasteiger partial charge in [0, 0.05) is 30.1 Å². The summed E-state index contributed by atoms with van der Waals surface area (Å²) in [6.45, 7) is 0. The number of nitrogens with zero attached hydrogens (tertiary/aromatic N) is 1. The van der Waals surface area contributed by atoms with Crippen LogP contribution in [0.2, 0.25) is 0 Å². The number of fused-ring (bicyclic) bond motifs is 1. The molecule has 0 saturated heterocycles. The van der Waals surface area contributed by atoms with Crippen LogP contribution in [0.3, 0.4) is 0 Å². The minimum Gasteiger partial charge on any atom is -0.465 e. The number of carbonyl (C=O) groups is 2. The monoisotopic (exact) mass is 345 g/mol. The molecule has 1 aromatic heterocycles. The lowest BCUT2D eigenvalue weighted by molar-refractivity contribution is -0.119. The molecule has 1 saturated carbocycles. The van der Waals surface area contributed by atoms with Crippen molar-refractivity contribution in [2.45, 2.75) is 18.8 Å². The number of carbonyl (C=O) groups excluding carboxylic acids is 2. The number of methoxy groups -OCH3 is 1. The summed E-state index contributed by atoms with van der Waals surface area (Å²) in [5.74, 6) is 0.276. The molecular formula is C22H19NO3. The number of esters is 1. The summed E-state index contributed by atoms with van der Waals surface area (Å²) in [7, 11) is 1.37. The van der Waals surface area contributed by atoms with Gasteiger partial charge in [-0.15, -0.1) is 0 Å². The van der Waals surface area contributed by atoms with E-state index in [1.165, 1.54) is 7.11 Å². The molecule has 26 heavy (non-hydrogen) atoms. The zero-order valence-electron chi connectivity index (χ0n) is 14.5. The van der Waals surface area contributed by atoms with Gasteiger partial charge in [0.2, 0.25) is 0 Å². The molecule has 2 aromatic carbocycles. The normalized spacial score (nSPS) is 18.5. The van der Waals surface area contributed by atoms with Gasteiger partial charge < -0.3 is 4.74 Å². The zero-order chi connectivity index (χ0) is 18.1. The average molecular weight is 345 g/mol. The number of pyridine rings is 1. The molecular weight excluding hydrogens is 326 g/mol. The molecule has 0 bridgehead atoms. The molecule has 4 rings (SSSR count). The van der Waals surface area contributed by atoms with E-state index in [0.717, 1.165) is 28.3 Å². The Morgan fingerprint density at radius 1 is 1.08 bits per heavy atom. The number of hydrogen-bond donors (Lipinski definition) is 0. The number of ether oxygens (including phenoxy) is 1. The van der Waals surface area contributed by atoms with Crippen LogP contribution in [-0.2, 0) is 16.0 Å². The van der Waals surface area contributed by atoms with E-state index in [1.54, 1.807) is 18.3 Å². The predicted molar refractivity (Wildman–Crippen MR) is 99.1 cm³/mol. The molecule has 0 aliphatic heterocycles. The second kappa shape index (κ2) is 6.71. The molecule has 4 nitrogen and oxygen atoms in total. The van der Waals surface area contributed by atoms with Crippen molar-refractivity contribution in [3.63, 3.8) is 0 Å². The van der Waals surface area contributed by atoms with Crippen molar-refractivity contribution >= 4 is 22.5 Å². The zero-order valence-corrected chi connectivity index (χ0v) is 14.5. The van der Waals surface area contributed by atoms with Crippen molar-refractivity contribution < 1.29 is 14.3 Å². The number of benzene rings is 2. The van der Waals surface area contributed by atoms with Crippen LogP contribution in [0, 0.1) is 5.92 Å². The average Bonchev–Trinajstić information content (AvgIpc) is 3.48. The van der Waals surface area contributed by atoms with E-state index < -0.39 is 0 Å². The summed E-state index contributed by atoms with van der Waals surface area (Å²) in [6.07, 6.45) is 4.94. The van der Waals surface area contributed by atoms with Crippen LogP contribution in [-0.4, -0.2) is 23.8 Å². The number of Topliss-reactive ketones (excluding diaryl/α,β-unsaturated/α-hetero) is 1. The second-order valence-electron chi connectivity index (χ2n) is 6.76. The molecule has 2 atom stereocenters. The Bertz CT molecular complexity index is 978. The molecule has 1 heterocycles. The summed E-state index contributed by atoms with van der Waals surface area (Å²) in [6, 6.07) is 15.4. The summed E-state index contributed by atoms with van der Waals surface area (Å²) in [5.41, 5.74) is 2.69. The van der Waals surface area contributed by atoms with Gasteiger partial charge in [-0.25, -0.2) is 4.79 Å². The van der Waals surface area contributed by atoms with Gasteiger partial charge in [0.25, 0.3) is 0 Å². The highest BCUT2D eigenvalue weighted by Gasteiger charge is 2.43. The molecule has 0 unspecified atom stereocenters. The van der Waals surface area contributed by atoms with Crippen LogP contribution in [0.15, 0.2) is 60.9 Å². The smallest absolute Gasteiger partial charge is 0.337 e. The molecule has 4 heteroatoms. The molecule has 130 valence electrons. The maximum Gasteiger partial charge on any atom is 0.337 e. The predicted octanol–water partition coefficient (Wildman–Crippen LogP) is 3.94. The van der Waals surface area contributed by atoms with Gasteiger partial charge in [-0.1, -0.05) is 30.3 Å². The third kappa shape index (κ3) is 3.23. The highest BCUT2D eigenvalue weighted by Crippen LogP contribution is 2.48. The lowest BCUT2D eigenvalue weighted by Gasteiger charge is -2.05. The van der Waals surface area contributed by atoms with Crippen LogP contribution >= 0.6 is 0 Å². The van der Waals surface area contributed by atoms with Gasteiger partial charge in [0.1, 0.15) is 5.78 Å². The van der Waals surface area contributed by atoms with Crippen LogP contribution < -0.4 is 0 Å².